The molecule has 2 aliphatic rings. The molecule has 0 bridgehead atoms. The summed E-state index contributed by atoms with van der Waals surface area (Å²) in [5, 5.41) is 13.9. The Kier molecular flexibility index (Phi) is 12.3. The van der Waals surface area contributed by atoms with E-state index in [9.17, 15) is 9.59 Å². The highest BCUT2D eigenvalue weighted by Crippen LogP contribution is 2.25. The maximum absolute atomic E-state index is 14.3. The smallest absolute Gasteiger partial charge is 0.272 e. The molecule has 5 rings (SSSR count). The minimum absolute atomic E-state index is 0.00177. The van der Waals surface area contributed by atoms with Crippen molar-refractivity contribution in [1.29, 1.82) is 0 Å². The molecule has 0 aromatic heterocycles. The zero-order valence-electron chi connectivity index (χ0n) is 26.8. The fourth-order valence-electron chi connectivity index (χ4n) is 5.94. The van der Waals surface area contributed by atoms with Crippen LogP contribution in [0.3, 0.4) is 0 Å². The molecule has 46 heavy (non-hydrogen) atoms. The average molecular weight is 626 g/mol. The predicted molar refractivity (Wildman–Crippen MR) is 181 cm³/mol. The summed E-state index contributed by atoms with van der Waals surface area (Å²) in [6, 6.07) is 27.6. The lowest BCUT2D eigenvalue weighted by atomic mass is 9.89. The molecule has 0 radical (unpaired) electrons. The van der Waals surface area contributed by atoms with Crippen LogP contribution in [-0.2, 0) is 16.1 Å². The lowest BCUT2D eigenvalue weighted by Crippen LogP contribution is -2.52. The number of rotatable bonds is 14. The number of hydrogen-bond donors (Lipinski definition) is 4. The molecule has 3 aromatic rings. The van der Waals surface area contributed by atoms with E-state index in [4.69, 9.17) is 9.47 Å². The fraction of sp³-hybridized carbons (Fsp3) is 0.405. The molecule has 4 N–H and O–H groups in total. The van der Waals surface area contributed by atoms with Gasteiger partial charge in [-0.05, 0) is 48.2 Å². The number of para-hydroxylation sites is 1. The SMILES string of the molecule is CCC(=O)N[C@H]1CCCCC1N/C(=C(\NCc1cccc(OCCOc2ccccc2)c1)C(=O)N1CCNCC1)c1ccccc1. The number of benzene rings is 3. The highest BCUT2D eigenvalue weighted by atomic mass is 16.5. The second-order valence-electron chi connectivity index (χ2n) is 11.7. The Morgan fingerprint density at radius 2 is 1.43 bits per heavy atom. The maximum atomic E-state index is 14.3. The van der Waals surface area contributed by atoms with Crippen molar-refractivity contribution in [2.45, 2.75) is 57.7 Å². The summed E-state index contributed by atoms with van der Waals surface area (Å²) in [6.45, 7) is 5.95. The van der Waals surface area contributed by atoms with E-state index in [-0.39, 0.29) is 23.9 Å². The van der Waals surface area contributed by atoms with E-state index in [1.165, 1.54) is 0 Å². The standard InChI is InChI=1S/C37H47N5O4/c1-2-34(43)40-32-18-9-10-19-33(32)41-35(29-13-5-3-6-14-29)36(37(44)42-22-20-38-21-23-42)39-27-28-12-11-17-31(26-28)46-25-24-45-30-15-7-4-8-16-30/h3-8,11-17,26,32-33,38-39,41H,2,9-10,18-25,27H2,1H3,(H,40,43)/b36-35-/t32-,33?/m0/s1. The molecular weight excluding hydrogens is 578 g/mol. The van der Waals surface area contributed by atoms with Crippen LogP contribution in [0.25, 0.3) is 5.70 Å². The summed E-state index contributed by atoms with van der Waals surface area (Å²) in [5.74, 6) is 1.57. The van der Waals surface area contributed by atoms with Crippen LogP contribution in [0.2, 0.25) is 0 Å². The first kappa shape index (κ1) is 32.9. The number of hydrogen-bond acceptors (Lipinski definition) is 7. The number of ether oxygens (including phenoxy) is 2. The normalized spacial score (nSPS) is 18.6. The Balaban J connectivity index is 1.37. The molecule has 244 valence electrons. The van der Waals surface area contributed by atoms with Gasteiger partial charge in [0.15, 0.2) is 0 Å². The number of amides is 2. The van der Waals surface area contributed by atoms with Gasteiger partial charge in [-0.25, -0.2) is 0 Å². The van der Waals surface area contributed by atoms with Gasteiger partial charge in [-0.3, -0.25) is 9.59 Å². The second kappa shape index (κ2) is 17.3. The summed E-state index contributed by atoms with van der Waals surface area (Å²) in [4.78, 5) is 28.6. The van der Waals surface area contributed by atoms with Crippen molar-refractivity contribution in [2.75, 3.05) is 39.4 Å². The molecular formula is C37H47N5O4. The Labute approximate surface area is 272 Å². The molecule has 3 aromatic carbocycles. The number of nitrogens with zero attached hydrogens (tertiary/aromatic N) is 1. The molecule has 1 heterocycles. The molecule has 1 saturated carbocycles. The highest BCUT2D eigenvalue weighted by Gasteiger charge is 2.30. The molecule has 9 heteroatoms. The third-order valence-corrected chi connectivity index (χ3v) is 8.43. The number of carbonyl (C=O) groups excluding carboxylic acids is 2. The Morgan fingerprint density at radius 1 is 0.804 bits per heavy atom. The van der Waals surface area contributed by atoms with Crippen LogP contribution >= 0.6 is 0 Å². The molecule has 9 nitrogen and oxygen atoms in total. The van der Waals surface area contributed by atoms with E-state index in [2.05, 4.69) is 21.3 Å². The monoisotopic (exact) mass is 625 g/mol. The van der Waals surface area contributed by atoms with Crippen molar-refractivity contribution in [2.24, 2.45) is 0 Å². The largest absolute Gasteiger partial charge is 0.490 e. The first-order chi connectivity index (χ1) is 22.6. The Morgan fingerprint density at radius 3 is 2.13 bits per heavy atom. The van der Waals surface area contributed by atoms with Crippen LogP contribution in [0.4, 0.5) is 0 Å². The van der Waals surface area contributed by atoms with Crippen LogP contribution in [-0.4, -0.2) is 68.2 Å². The quantitative estimate of drug-likeness (QED) is 0.155. The van der Waals surface area contributed by atoms with E-state index in [1.54, 1.807) is 0 Å². The summed E-state index contributed by atoms with van der Waals surface area (Å²) in [6.07, 6.45) is 4.40. The summed E-state index contributed by atoms with van der Waals surface area (Å²) < 4.78 is 11.8. The summed E-state index contributed by atoms with van der Waals surface area (Å²) >= 11 is 0. The van der Waals surface area contributed by atoms with Gasteiger partial charge in [0, 0.05) is 51.2 Å². The maximum Gasteiger partial charge on any atom is 0.272 e. The minimum atomic E-state index is -0.0386. The summed E-state index contributed by atoms with van der Waals surface area (Å²) in [7, 11) is 0. The van der Waals surface area contributed by atoms with Crippen molar-refractivity contribution in [1.82, 2.24) is 26.2 Å². The number of nitrogens with one attached hydrogen (secondary N) is 4. The van der Waals surface area contributed by atoms with Crippen molar-refractivity contribution >= 4 is 17.5 Å². The van der Waals surface area contributed by atoms with Crippen LogP contribution in [0.15, 0.2) is 90.6 Å². The van der Waals surface area contributed by atoms with Gasteiger partial charge < -0.3 is 35.6 Å². The third-order valence-electron chi connectivity index (χ3n) is 8.43. The van der Waals surface area contributed by atoms with Gasteiger partial charge in [0.05, 0.1) is 5.70 Å². The summed E-state index contributed by atoms with van der Waals surface area (Å²) in [5.41, 5.74) is 3.21. The van der Waals surface area contributed by atoms with Crippen molar-refractivity contribution in [3.05, 3.63) is 102 Å². The molecule has 1 aliphatic heterocycles. The van der Waals surface area contributed by atoms with E-state index in [0.717, 1.165) is 67.1 Å². The fourth-order valence-corrected chi connectivity index (χ4v) is 5.94. The number of carbonyl (C=O) groups is 2. The van der Waals surface area contributed by atoms with Crippen molar-refractivity contribution < 1.29 is 19.1 Å². The van der Waals surface area contributed by atoms with Gasteiger partial charge in [-0.2, -0.15) is 0 Å². The van der Waals surface area contributed by atoms with Gasteiger partial charge in [-0.1, -0.05) is 80.4 Å². The zero-order chi connectivity index (χ0) is 32.0. The van der Waals surface area contributed by atoms with E-state index in [1.807, 2.05) is 96.8 Å². The predicted octanol–water partition coefficient (Wildman–Crippen LogP) is 4.46. The molecule has 1 saturated heterocycles. The van der Waals surface area contributed by atoms with Crippen molar-refractivity contribution in [3.63, 3.8) is 0 Å². The van der Waals surface area contributed by atoms with Crippen LogP contribution in [0.1, 0.15) is 50.2 Å². The lowest BCUT2D eigenvalue weighted by molar-refractivity contribution is -0.128. The van der Waals surface area contributed by atoms with Gasteiger partial charge in [-0.15, -0.1) is 0 Å². The van der Waals surface area contributed by atoms with Crippen LogP contribution in [0.5, 0.6) is 11.5 Å². The first-order valence-electron chi connectivity index (χ1n) is 16.6. The molecule has 1 unspecified atom stereocenters. The van der Waals surface area contributed by atoms with E-state index in [0.29, 0.717) is 45.0 Å². The average Bonchev–Trinajstić information content (AvgIpc) is 3.11. The van der Waals surface area contributed by atoms with E-state index >= 15 is 0 Å². The van der Waals surface area contributed by atoms with Crippen LogP contribution < -0.4 is 30.7 Å². The highest BCUT2D eigenvalue weighted by molar-refractivity contribution is 6.00. The molecule has 0 spiro atoms. The Bertz CT molecular complexity index is 1430. The van der Waals surface area contributed by atoms with Crippen molar-refractivity contribution in [3.8, 4) is 11.5 Å². The Hall–Kier alpha value is -4.50. The topological polar surface area (TPSA) is 104 Å². The first-order valence-corrected chi connectivity index (χ1v) is 16.6. The van der Waals surface area contributed by atoms with Gasteiger partial charge in [0.2, 0.25) is 5.91 Å². The number of piperazine rings is 1. The van der Waals surface area contributed by atoms with E-state index < -0.39 is 0 Å². The molecule has 2 atom stereocenters. The molecule has 1 aliphatic carbocycles. The van der Waals surface area contributed by atoms with Crippen LogP contribution in [0, 0.1) is 0 Å². The van der Waals surface area contributed by atoms with Gasteiger partial charge in [0.25, 0.3) is 5.91 Å². The minimum Gasteiger partial charge on any atom is -0.490 e. The molecule has 2 fully saturated rings. The zero-order valence-corrected chi connectivity index (χ0v) is 26.8. The third kappa shape index (κ3) is 9.50. The van der Waals surface area contributed by atoms with Gasteiger partial charge >= 0.3 is 0 Å². The lowest BCUT2D eigenvalue weighted by Gasteiger charge is -2.36. The molecule has 2 amide bonds. The second-order valence-corrected chi connectivity index (χ2v) is 11.7. The van der Waals surface area contributed by atoms with Gasteiger partial charge in [0.1, 0.15) is 30.4 Å².